The molecule has 2 aromatic rings. The first-order valence-corrected chi connectivity index (χ1v) is 6.19. The standard InChI is InChI=1S/C14H11BrF2O/c1-9-5-6-14(11(15)7-9)18-8-10-12(16)3-2-4-13(10)17/h2-7H,8H2,1H3. The Morgan fingerprint density at radius 2 is 1.78 bits per heavy atom. The highest BCUT2D eigenvalue weighted by Gasteiger charge is 2.10. The van der Waals surface area contributed by atoms with Crippen LogP contribution in [0.5, 0.6) is 5.75 Å². The molecule has 0 spiro atoms. The van der Waals surface area contributed by atoms with Crippen LogP contribution < -0.4 is 4.74 Å². The highest BCUT2D eigenvalue weighted by molar-refractivity contribution is 9.10. The van der Waals surface area contributed by atoms with Gasteiger partial charge in [0.25, 0.3) is 0 Å². The molecule has 18 heavy (non-hydrogen) atoms. The van der Waals surface area contributed by atoms with Gasteiger partial charge in [0, 0.05) is 0 Å². The highest BCUT2D eigenvalue weighted by atomic mass is 79.9. The van der Waals surface area contributed by atoms with Crippen LogP contribution in [0.4, 0.5) is 8.78 Å². The normalized spacial score (nSPS) is 10.4. The monoisotopic (exact) mass is 312 g/mol. The molecule has 0 saturated heterocycles. The summed E-state index contributed by atoms with van der Waals surface area (Å²) in [5.74, 6) is -0.639. The van der Waals surface area contributed by atoms with Gasteiger partial charge in [0.1, 0.15) is 24.0 Å². The molecule has 0 aliphatic rings. The van der Waals surface area contributed by atoms with Crippen molar-refractivity contribution in [2.75, 3.05) is 0 Å². The lowest BCUT2D eigenvalue weighted by Gasteiger charge is -2.10. The van der Waals surface area contributed by atoms with Gasteiger partial charge in [-0.05, 0) is 52.7 Å². The highest BCUT2D eigenvalue weighted by Crippen LogP contribution is 2.27. The second-order valence-corrected chi connectivity index (χ2v) is 4.78. The molecule has 0 radical (unpaired) electrons. The average Bonchev–Trinajstić information content (AvgIpc) is 2.31. The first-order chi connectivity index (χ1) is 8.58. The van der Waals surface area contributed by atoms with Crippen molar-refractivity contribution in [1.29, 1.82) is 0 Å². The fourth-order valence-corrected chi connectivity index (χ4v) is 2.15. The van der Waals surface area contributed by atoms with Gasteiger partial charge in [0.2, 0.25) is 0 Å². The van der Waals surface area contributed by atoms with Gasteiger partial charge in [0.15, 0.2) is 0 Å². The van der Waals surface area contributed by atoms with E-state index < -0.39 is 11.6 Å². The van der Waals surface area contributed by atoms with Crippen LogP contribution in [-0.4, -0.2) is 0 Å². The molecule has 0 bridgehead atoms. The predicted molar refractivity (Wildman–Crippen MR) is 69.6 cm³/mol. The van der Waals surface area contributed by atoms with Crippen molar-refractivity contribution in [3.8, 4) is 5.75 Å². The van der Waals surface area contributed by atoms with Gasteiger partial charge in [-0.1, -0.05) is 12.1 Å². The Morgan fingerprint density at radius 1 is 1.11 bits per heavy atom. The Balaban J connectivity index is 2.16. The molecule has 4 heteroatoms. The van der Waals surface area contributed by atoms with Gasteiger partial charge in [-0.25, -0.2) is 8.78 Å². The summed E-state index contributed by atoms with van der Waals surface area (Å²) in [6.07, 6.45) is 0. The summed E-state index contributed by atoms with van der Waals surface area (Å²) in [6.45, 7) is 1.81. The zero-order valence-electron chi connectivity index (χ0n) is 9.71. The van der Waals surface area contributed by atoms with Gasteiger partial charge >= 0.3 is 0 Å². The van der Waals surface area contributed by atoms with E-state index in [2.05, 4.69) is 15.9 Å². The molecule has 1 nitrogen and oxygen atoms in total. The lowest BCUT2D eigenvalue weighted by molar-refractivity contribution is 0.290. The topological polar surface area (TPSA) is 9.23 Å². The molecular weight excluding hydrogens is 302 g/mol. The molecule has 0 unspecified atom stereocenters. The third-order valence-electron chi connectivity index (χ3n) is 2.52. The van der Waals surface area contributed by atoms with E-state index in [1.165, 1.54) is 18.2 Å². The molecular formula is C14H11BrF2O. The summed E-state index contributed by atoms with van der Waals surface area (Å²) in [7, 11) is 0. The molecule has 0 aliphatic heterocycles. The van der Waals surface area contributed by atoms with Crippen LogP contribution in [0.1, 0.15) is 11.1 Å². The van der Waals surface area contributed by atoms with E-state index in [1.54, 1.807) is 6.07 Å². The van der Waals surface area contributed by atoms with Crippen molar-refractivity contribution in [3.63, 3.8) is 0 Å². The number of ether oxygens (including phenoxy) is 1. The first kappa shape index (κ1) is 13.0. The Kier molecular flexibility index (Phi) is 3.97. The predicted octanol–water partition coefficient (Wildman–Crippen LogP) is 4.61. The first-order valence-electron chi connectivity index (χ1n) is 5.40. The van der Waals surface area contributed by atoms with Gasteiger partial charge in [0.05, 0.1) is 10.0 Å². The van der Waals surface area contributed by atoms with Crippen molar-refractivity contribution in [1.82, 2.24) is 0 Å². The number of aryl methyl sites for hydroxylation is 1. The molecule has 0 heterocycles. The third-order valence-corrected chi connectivity index (χ3v) is 3.14. The summed E-state index contributed by atoms with van der Waals surface area (Å²) >= 11 is 3.35. The number of hydrogen-bond acceptors (Lipinski definition) is 1. The minimum Gasteiger partial charge on any atom is -0.488 e. The number of halogens is 3. The van der Waals surface area contributed by atoms with Crippen LogP contribution in [0.3, 0.4) is 0 Å². The molecule has 0 amide bonds. The SMILES string of the molecule is Cc1ccc(OCc2c(F)cccc2F)c(Br)c1. The Labute approximate surface area is 113 Å². The smallest absolute Gasteiger partial charge is 0.134 e. The Morgan fingerprint density at radius 3 is 2.39 bits per heavy atom. The maximum absolute atomic E-state index is 13.4. The summed E-state index contributed by atoms with van der Waals surface area (Å²) in [4.78, 5) is 0. The van der Waals surface area contributed by atoms with Gasteiger partial charge < -0.3 is 4.74 Å². The molecule has 94 valence electrons. The molecule has 0 atom stereocenters. The number of benzene rings is 2. The fraction of sp³-hybridized carbons (Fsp3) is 0.143. The van der Waals surface area contributed by atoms with Crippen LogP contribution in [-0.2, 0) is 6.61 Å². The second kappa shape index (κ2) is 5.48. The van der Waals surface area contributed by atoms with E-state index >= 15 is 0 Å². The van der Waals surface area contributed by atoms with E-state index in [0.29, 0.717) is 5.75 Å². The zero-order valence-corrected chi connectivity index (χ0v) is 11.3. The maximum Gasteiger partial charge on any atom is 0.134 e. The molecule has 0 fully saturated rings. The number of rotatable bonds is 3. The minimum absolute atomic E-state index is 0.0648. The minimum atomic E-state index is -0.599. The maximum atomic E-state index is 13.4. The second-order valence-electron chi connectivity index (χ2n) is 3.92. The van der Waals surface area contributed by atoms with Crippen LogP contribution in [0.25, 0.3) is 0 Å². The molecule has 0 saturated carbocycles. The van der Waals surface area contributed by atoms with Crippen molar-refractivity contribution in [2.45, 2.75) is 13.5 Å². The van der Waals surface area contributed by atoms with Crippen LogP contribution in [0.2, 0.25) is 0 Å². The Bertz CT molecular complexity index is 549. The molecule has 0 aromatic heterocycles. The van der Waals surface area contributed by atoms with Gasteiger partial charge in [-0.15, -0.1) is 0 Å². The molecule has 0 aliphatic carbocycles. The quantitative estimate of drug-likeness (QED) is 0.804. The van der Waals surface area contributed by atoms with E-state index in [1.807, 2.05) is 19.1 Å². The van der Waals surface area contributed by atoms with Crippen molar-refractivity contribution < 1.29 is 13.5 Å². The van der Waals surface area contributed by atoms with E-state index in [4.69, 9.17) is 4.74 Å². The summed E-state index contributed by atoms with van der Waals surface area (Å²) in [5, 5.41) is 0. The number of hydrogen-bond donors (Lipinski definition) is 0. The van der Waals surface area contributed by atoms with Crippen LogP contribution >= 0.6 is 15.9 Å². The van der Waals surface area contributed by atoms with Crippen LogP contribution in [0.15, 0.2) is 40.9 Å². The van der Waals surface area contributed by atoms with E-state index in [9.17, 15) is 8.78 Å². The van der Waals surface area contributed by atoms with Crippen molar-refractivity contribution in [2.24, 2.45) is 0 Å². The summed E-state index contributed by atoms with van der Waals surface area (Å²) < 4.78 is 32.9. The van der Waals surface area contributed by atoms with Crippen molar-refractivity contribution in [3.05, 3.63) is 63.6 Å². The lowest BCUT2D eigenvalue weighted by Crippen LogP contribution is -2.02. The zero-order chi connectivity index (χ0) is 13.1. The average molecular weight is 313 g/mol. The van der Waals surface area contributed by atoms with Gasteiger partial charge in [-0.2, -0.15) is 0 Å². The Hall–Kier alpha value is -1.42. The third kappa shape index (κ3) is 2.88. The fourth-order valence-electron chi connectivity index (χ4n) is 1.54. The van der Waals surface area contributed by atoms with Crippen molar-refractivity contribution >= 4 is 15.9 Å². The van der Waals surface area contributed by atoms with Crippen LogP contribution in [0, 0.1) is 18.6 Å². The molecule has 2 aromatic carbocycles. The molecule has 0 N–H and O–H groups in total. The largest absolute Gasteiger partial charge is 0.488 e. The van der Waals surface area contributed by atoms with E-state index in [-0.39, 0.29) is 12.2 Å². The summed E-state index contributed by atoms with van der Waals surface area (Å²) in [5.41, 5.74) is 1.01. The summed E-state index contributed by atoms with van der Waals surface area (Å²) in [6, 6.07) is 9.27. The van der Waals surface area contributed by atoms with E-state index in [0.717, 1.165) is 10.0 Å². The lowest BCUT2D eigenvalue weighted by atomic mass is 10.2. The molecule has 2 rings (SSSR count). The van der Waals surface area contributed by atoms with Gasteiger partial charge in [-0.3, -0.25) is 0 Å².